The Morgan fingerprint density at radius 1 is 1.06 bits per heavy atom. The van der Waals surface area contributed by atoms with Crippen LogP contribution in [0.1, 0.15) is 69.7 Å². The average Bonchev–Trinajstić information content (AvgIpc) is 3.74. The van der Waals surface area contributed by atoms with Crippen LogP contribution in [0.15, 0.2) is 34.3 Å². The Morgan fingerprint density at radius 3 is 2.38 bits per heavy atom. The summed E-state index contributed by atoms with van der Waals surface area (Å²) in [6.45, 7) is 3.00. The number of aromatic nitrogens is 3. The molecule has 2 heterocycles. The zero-order valence-electron chi connectivity index (χ0n) is 18.2. The molecule has 1 amide bonds. The van der Waals surface area contributed by atoms with Gasteiger partial charge in [-0.3, -0.25) is 4.79 Å². The largest absolute Gasteiger partial charge is 0.325 e. The molecule has 1 saturated heterocycles. The van der Waals surface area contributed by atoms with Gasteiger partial charge in [-0.1, -0.05) is 18.2 Å². The maximum atomic E-state index is 12.8. The fourth-order valence-electron chi connectivity index (χ4n) is 4.08. The minimum Gasteiger partial charge on any atom is -0.325 e. The zero-order chi connectivity index (χ0) is 22.3. The van der Waals surface area contributed by atoms with Crippen LogP contribution < -0.4 is 5.32 Å². The first-order valence-corrected chi connectivity index (χ1v) is 13.8. The third-order valence-corrected chi connectivity index (χ3v) is 9.24. The van der Waals surface area contributed by atoms with Crippen LogP contribution in [0.25, 0.3) is 0 Å². The van der Waals surface area contributed by atoms with Gasteiger partial charge in [0.05, 0.1) is 10.1 Å². The first kappa shape index (κ1) is 21.9. The Morgan fingerprint density at radius 2 is 1.75 bits per heavy atom. The molecule has 0 unspecified atom stereocenters. The summed E-state index contributed by atoms with van der Waals surface area (Å²) < 4.78 is 29.4. The minimum atomic E-state index is -3.47. The third-order valence-electron chi connectivity index (χ3n) is 6.27. The van der Waals surface area contributed by atoms with Gasteiger partial charge < -0.3 is 9.88 Å². The molecular formula is C22H29N5O3S2. The van der Waals surface area contributed by atoms with Gasteiger partial charge in [-0.2, -0.15) is 4.31 Å². The topological polar surface area (TPSA) is 97.2 Å². The van der Waals surface area contributed by atoms with Crippen molar-refractivity contribution in [2.75, 3.05) is 18.4 Å². The van der Waals surface area contributed by atoms with Crippen molar-refractivity contribution in [1.82, 2.24) is 19.1 Å². The molecule has 0 spiro atoms. The van der Waals surface area contributed by atoms with E-state index in [-0.39, 0.29) is 16.1 Å². The summed E-state index contributed by atoms with van der Waals surface area (Å²) in [6.07, 6.45) is 7.53. The van der Waals surface area contributed by atoms with Gasteiger partial charge in [0.1, 0.15) is 5.82 Å². The lowest BCUT2D eigenvalue weighted by atomic mass is 10.2. The number of sulfonamides is 1. The summed E-state index contributed by atoms with van der Waals surface area (Å²) in [5.74, 6) is 1.47. The van der Waals surface area contributed by atoms with E-state index in [4.69, 9.17) is 0 Å². The number of nitrogens with zero attached hydrogens (tertiary/aromatic N) is 4. The number of amides is 1. The molecule has 1 aromatic heterocycles. The lowest BCUT2D eigenvalue weighted by molar-refractivity contribution is -0.115. The van der Waals surface area contributed by atoms with Gasteiger partial charge in [0.25, 0.3) is 0 Å². The Labute approximate surface area is 193 Å². The van der Waals surface area contributed by atoms with Gasteiger partial charge in [-0.15, -0.1) is 10.2 Å². The Hall–Kier alpha value is -1.91. The zero-order valence-corrected chi connectivity index (χ0v) is 19.9. The summed E-state index contributed by atoms with van der Waals surface area (Å²) in [5.41, 5.74) is 0.586. The second-order valence-electron chi connectivity index (χ2n) is 8.95. The van der Waals surface area contributed by atoms with Crippen molar-refractivity contribution in [3.05, 3.63) is 30.1 Å². The lowest BCUT2D eigenvalue weighted by Gasteiger charge is -2.25. The Balaban J connectivity index is 1.22. The molecule has 1 N–H and O–H groups in total. The molecule has 2 aromatic rings. The van der Waals surface area contributed by atoms with Crippen molar-refractivity contribution >= 4 is 33.4 Å². The monoisotopic (exact) mass is 475 g/mol. The predicted octanol–water partition coefficient (Wildman–Crippen LogP) is 3.78. The number of carbonyl (C=O) groups excluding carboxylic acids is 1. The number of thioether (sulfide) groups is 1. The highest BCUT2D eigenvalue weighted by Gasteiger charge is 2.37. The highest BCUT2D eigenvalue weighted by Crippen LogP contribution is 2.46. The van der Waals surface area contributed by atoms with E-state index in [9.17, 15) is 13.2 Å². The molecule has 2 aliphatic carbocycles. The number of benzene rings is 1. The van der Waals surface area contributed by atoms with Crippen molar-refractivity contribution in [2.45, 2.75) is 79.1 Å². The molecule has 8 nitrogen and oxygen atoms in total. The summed E-state index contributed by atoms with van der Waals surface area (Å²) in [7, 11) is -3.47. The van der Waals surface area contributed by atoms with Crippen LogP contribution in [0.2, 0.25) is 0 Å². The quantitative estimate of drug-likeness (QED) is 0.584. The van der Waals surface area contributed by atoms with Crippen LogP contribution in [0.5, 0.6) is 0 Å². The molecule has 2 saturated carbocycles. The summed E-state index contributed by atoms with van der Waals surface area (Å²) in [4.78, 5) is 13.0. The van der Waals surface area contributed by atoms with E-state index < -0.39 is 10.0 Å². The van der Waals surface area contributed by atoms with Gasteiger partial charge in [0.2, 0.25) is 15.9 Å². The van der Waals surface area contributed by atoms with Gasteiger partial charge in [0.15, 0.2) is 5.16 Å². The highest BCUT2D eigenvalue weighted by molar-refractivity contribution is 8.00. The third kappa shape index (κ3) is 4.58. The number of rotatable bonds is 8. The van der Waals surface area contributed by atoms with Crippen LogP contribution in [0.4, 0.5) is 5.69 Å². The Bertz CT molecular complexity index is 1090. The molecule has 1 atom stereocenters. The Kier molecular flexibility index (Phi) is 6.02. The summed E-state index contributed by atoms with van der Waals surface area (Å²) in [6, 6.07) is 6.94. The van der Waals surface area contributed by atoms with Crippen molar-refractivity contribution in [1.29, 1.82) is 0 Å². The van der Waals surface area contributed by atoms with Gasteiger partial charge >= 0.3 is 0 Å². The van der Waals surface area contributed by atoms with Crippen LogP contribution >= 0.6 is 11.8 Å². The standard InChI is InChI=1S/C22H29N5O3S2/c1-15(31-22-25-24-20(16-5-6-16)27(22)18-9-10-18)21(28)23-17-7-11-19(12-8-17)32(29,30)26-13-3-2-4-14-26/h7-8,11-12,15-16,18H,2-6,9-10,13-14H2,1H3,(H,23,28)/t15-/m0/s1. The van der Waals surface area contributed by atoms with Crippen LogP contribution in [-0.4, -0.2) is 51.7 Å². The van der Waals surface area contributed by atoms with E-state index >= 15 is 0 Å². The SMILES string of the molecule is C[C@H](Sc1nnc(C2CC2)n1C1CC1)C(=O)Nc1ccc(S(=O)(=O)N2CCCCC2)cc1. The average molecular weight is 476 g/mol. The fraction of sp³-hybridized carbons (Fsp3) is 0.591. The molecule has 0 radical (unpaired) electrons. The van der Waals surface area contributed by atoms with Crippen LogP contribution in [0, 0.1) is 0 Å². The lowest BCUT2D eigenvalue weighted by Crippen LogP contribution is -2.35. The smallest absolute Gasteiger partial charge is 0.243 e. The number of piperidine rings is 1. The minimum absolute atomic E-state index is 0.139. The molecule has 3 aliphatic rings. The molecule has 1 aliphatic heterocycles. The fourth-order valence-corrected chi connectivity index (χ4v) is 6.53. The summed E-state index contributed by atoms with van der Waals surface area (Å²) >= 11 is 1.43. The highest BCUT2D eigenvalue weighted by atomic mass is 32.2. The molecule has 1 aromatic carbocycles. The number of hydrogen-bond acceptors (Lipinski definition) is 6. The van der Waals surface area contributed by atoms with Crippen molar-refractivity contribution in [2.24, 2.45) is 0 Å². The van der Waals surface area contributed by atoms with E-state index in [2.05, 4.69) is 20.1 Å². The molecule has 10 heteroatoms. The van der Waals surface area contributed by atoms with Crippen LogP contribution in [-0.2, 0) is 14.8 Å². The first-order valence-electron chi connectivity index (χ1n) is 11.5. The van der Waals surface area contributed by atoms with Gasteiger partial charge in [0, 0.05) is 30.7 Å². The van der Waals surface area contributed by atoms with Crippen LogP contribution in [0.3, 0.4) is 0 Å². The summed E-state index contributed by atoms with van der Waals surface area (Å²) in [5, 5.41) is 12.2. The molecule has 32 heavy (non-hydrogen) atoms. The normalized spacial score (nSPS) is 20.8. The van der Waals surface area contributed by atoms with Crippen molar-refractivity contribution in [3.8, 4) is 0 Å². The van der Waals surface area contributed by atoms with E-state index in [0.29, 0.717) is 30.7 Å². The van der Waals surface area contributed by atoms with E-state index in [0.717, 1.165) is 43.1 Å². The predicted molar refractivity (Wildman–Crippen MR) is 123 cm³/mol. The molecule has 5 rings (SSSR count). The number of hydrogen-bond donors (Lipinski definition) is 1. The maximum Gasteiger partial charge on any atom is 0.243 e. The van der Waals surface area contributed by atoms with Crippen molar-refractivity contribution in [3.63, 3.8) is 0 Å². The van der Waals surface area contributed by atoms with E-state index in [1.165, 1.54) is 24.6 Å². The molecule has 0 bridgehead atoms. The van der Waals surface area contributed by atoms with Crippen molar-refractivity contribution < 1.29 is 13.2 Å². The second kappa shape index (κ2) is 8.79. The maximum absolute atomic E-state index is 12.8. The molecular weight excluding hydrogens is 446 g/mol. The van der Waals surface area contributed by atoms with Gasteiger partial charge in [-0.25, -0.2) is 8.42 Å². The van der Waals surface area contributed by atoms with Gasteiger partial charge in [-0.05, 0) is 69.7 Å². The first-order chi connectivity index (χ1) is 15.4. The number of anilines is 1. The van der Waals surface area contributed by atoms with E-state index in [1.807, 2.05) is 6.92 Å². The number of nitrogens with one attached hydrogen (secondary N) is 1. The molecule has 172 valence electrons. The van der Waals surface area contributed by atoms with E-state index in [1.54, 1.807) is 28.6 Å². The second-order valence-corrected chi connectivity index (χ2v) is 12.2. The molecule has 3 fully saturated rings. The number of carbonyl (C=O) groups is 1.